The van der Waals surface area contributed by atoms with Crippen LogP contribution in [0.25, 0.3) is 4.96 Å². The van der Waals surface area contributed by atoms with Crippen molar-refractivity contribution in [3.05, 3.63) is 52.8 Å². The molecule has 3 rings (SSSR count). The van der Waals surface area contributed by atoms with Crippen LogP contribution in [0.15, 0.2) is 35.8 Å². The molecule has 1 aromatic carbocycles. The highest BCUT2D eigenvalue weighted by molar-refractivity contribution is 7.15. The van der Waals surface area contributed by atoms with E-state index in [4.69, 9.17) is 0 Å². The van der Waals surface area contributed by atoms with E-state index < -0.39 is 0 Å². The number of para-hydroxylation sites is 1. The quantitative estimate of drug-likeness (QED) is 0.776. The summed E-state index contributed by atoms with van der Waals surface area (Å²) >= 11 is 1.67. The lowest BCUT2D eigenvalue weighted by Gasteiger charge is -2.09. The summed E-state index contributed by atoms with van der Waals surface area (Å²) in [6, 6.07) is 8.34. The van der Waals surface area contributed by atoms with Crippen LogP contribution in [-0.4, -0.2) is 9.38 Å². The van der Waals surface area contributed by atoms with Crippen LogP contribution in [0.5, 0.6) is 0 Å². The highest BCUT2D eigenvalue weighted by atomic mass is 32.1. The van der Waals surface area contributed by atoms with Crippen molar-refractivity contribution in [3.8, 4) is 0 Å². The normalized spacial score (nSPS) is 11.0. The molecule has 0 atom stereocenters. The largest absolute Gasteiger partial charge is 0.379 e. The number of thiazole rings is 1. The number of hydrogen-bond acceptors (Lipinski definition) is 3. The summed E-state index contributed by atoms with van der Waals surface area (Å²) < 4.78 is 2.16. The smallest absolute Gasteiger partial charge is 0.194 e. The van der Waals surface area contributed by atoms with Gasteiger partial charge in [-0.15, -0.1) is 11.3 Å². The minimum atomic E-state index is 0.800. The highest BCUT2D eigenvalue weighted by Gasteiger charge is 2.09. The minimum Gasteiger partial charge on any atom is -0.379 e. The van der Waals surface area contributed by atoms with Crippen LogP contribution in [0.4, 0.5) is 5.69 Å². The van der Waals surface area contributed by atoms with E-state index in [9.17, 15) is 0 Å². The molecule has 3 aromatic rings. The SMILES string of the molecule is Cc1ccccc1NCc1c(C)nc2sccn12. The van der Waals surface area contributed by atoms with Crippen LogP contribution in [0.3, 0.4) is 0 Å². The molecule has 0 fully saturated rings. The molecular formula is C14H15N3S. The Morgan fingerprint density at radius 2 is 2.11 bits per heavy atom. The van der Waals surface area contributed by atoms with Crippen LogP contribution in [0, 0.1) is 13.8 Å². The van der Waals surface area contributed by atoms with E-state index in [-0.39, 0.29) is 0 Å². The minimum absolute atomic E-state index is 0.800. The van der Waals surface area contributed by atoms with Gasteiger partial charge in [0.15, 0.2) is 4.96 Å². The second-order valence-corrected chi connectivity index (χ2v) is 5.24. The first-order valence-corrected chi connectivity index (χ1v) is 6.84. The molecule has 0 spiro atoms. The summed E-state index contributed by atoms with van der Waals surface area (Å²) in [5, 5.41) is 5.55. The first-order valence-electron chi connectivity index (χ1n) is 5.96. The van der Waals surface area contributed by atoms with Gasteiger partial charge in [-0.05, 0) is 25.5 Å². The maximum absolute atomic E-state index is 4.55. The van der Waals surface area contributed by atoms with Crippen LogP contribution >= 0.6 is 11.3 Å². The zero-order valence-corrected chi connectivity index (χ0v) is 11.3. The average Bonchev–Trinajstić information content (AvgIpc) is 2.90. The van der Waals surface area contributed by atoms with Gasteiger partial charge in [-0.2, -0.15) is 0 Å². The number of nitrogens with zero attached hydrogens (tertiary/aromatic N) is 2. The Balaban J connectivity index is 1.87. The van der Waals surface area contributed by atoms with Gasteiger partial charge < -0.3 is 5.32 Å². The lowest BCUT2D eigenvalue weighted by atomic mass is 10.2. The summed E-state index contributed by atoms with van der Waals surface area (Å²) in [6.45, 7) is 4.98. The van der Waals surface area contributed by atoms with Gasteiger partial charge in [-0.1, -0.05) is 18.2 Å². The number of hydrogen-bond donors (Lipinski definition) is 1. The van der Waals surface area contributed by atoms with Gasteiger partial charge in [0.2, 0.25) is 0 Å². The molecule has 0 saturated carbocycles. The fourth-order valence-corrected chi connectivity index (χ4v) is 2.88. The molecule has 4 heteroatoms. The maximum Gasteiger partial charge on any atom is 0.194 e. The third-order valence-electron chi connectivity index (χ3n) is 3.15. The van der Waals surface area contributed by atoms with Crippen molar-refractivity contribution in [1.82, 2.24) is 9.38 Å². The Kier molecular flexibility index (Phi) is 2.80. The van der Waals surface area contributed by atoms with Crippen molar-refractivity contribution in [2.24, 2.45) is 0 Å². The molecule has 2 heterocycles. The number of aromatic nitrogens is 2. The van der Waals surface area contributed by atoms with Crippen molar-refractivity contribution in [1.29, 1.82) is 0 Å². The van der Waals surface area contributed by atoms with Gasteiger partial charge in [-0.25, -0.2) is 4.98 Å². The van der Waals surface area contributed by atoms with Crippen molar-refractivity contribution in [2.75, 3.05) is 5.32 Å². The lowest BCUT2D eigenvalue weighted by Crippen LogP contribution is -2.04. The molecule has 0 unspecified atom stereocenters. The van der Waals surface area contributed by atoms with E-state index in [1.807, 2.05) is 0 Å². The van der Waals surface area contributed by atoms with Crippen LogP contribution < -0.4 is 5.32 Å². The van der Waals surface area contributed by atoms with Gasteiger partial charge in [-0.3, -0.25) is 4.40 Å². The van der Waals surface area contributed by atoms with Gasteiger partial charge in [0.1, 0.15) is 0 Å². The number of nitrogens with one attached hydrogen (secondary N) is 1. The number of fused-ring (bicyclic) bond motifs is 1. The number of benzene rings is 1. The Morgan fingerprint density at radius 1 is 1.28 bits per heavy atom. The molecule has 0 saturated heterocycles. The Hall–Kier alpha value is -1.81. The first-order chi connectivity index (χ1) is 8.75. The summed E-state index contributed by atoms with van der Waals surface area (Å²) in [5.74, 6) is 0. The summed E-state index contributed by atoms with van der Waals surface area (Å²) in [5.41, 5.74) is 4.78. The second kappa shape index (κ2) is 4.46. The van der Waals surface area contributed by atoms with Crippen LogP contribution in [-0.2, 0) is 6.54 Å². The Morgan fingerprint density at radius 3 is 2.94 bits per heavy atom. The topological polar surface area (TPSA) is 29.3 Å². The third-order valence-corrected chi connectivity index (χ3v) is 3.91. The standard InChI is InChI=1S/C14H15N3S/c1-10-5-3-4-6-12(10)15-9-13-11(2)16-14-17(13)7-8-18-14/h3-8,15H,9H2,1-2H3. The molecule has 0 aliphatic carbocycles. The Bertz CT molecular complexity index is 681. The van der Waals surface area contributed by atoms with E-state index in [1.54, 1.807) is 11.3 Å². The van der Waals surface area contributed by atoms with Gasteiger partial charge in [0.05, 0.1) is 17.9 Å². The fraction of sp³-hybridized carbons (Fsp3) is 0.214. The number of aryl methyl sites for hydroxylation is 2. The molecule has 0 bridgehead atoms. The molecule has 0 radical (unpaired) electrons. The van der Waals surface area contributed by atoms with Crippen molar-refractivity contribution in [2.45, 2.75) is 20.4 Å². The van der Waals surface area contributed by atoms with E-state index in [0.717, 1.165) is 17.2 Å². The molecule has 0 amide bonds. The predicted octanol–water partition coefficient (Wildman–Crippen LogP) is 3.62. The molecule has 3 nitrogen and oxygen atoms in total. The van der Waals surface area contributed by atoms with Crippen molar-refractivity contribution in [3.63, 3.8) is 0 Å². The third kappa shape index (κ3) is 1.88. The number of rotatable bonds is 3. The molecular weight excluding hydrogens is 242 g/mol. The average molecular weight is 257 g/mol. The van der Waals surface area contributed by atoms with Gasteiger partial charge in [0, 0.05) is 17.3 Å². The predicted molar refractivity (Wildman–Crippen MR) is 76.3 cm³/mol. The Labute approximate surface area is 110 Å². The fourth-order valence-electron chi connectivity index (χ4n) is 2.10. The van der Waals surface area contributed by atoms with Gasteiger partial charge >= 0.3 is 0 Å². The molecule has 18 heavy (non-hydrogen) atoms. The monoisotopic (exact) mass is 257 g/mol. The van der Waals surface area contributed by atoms with Crippen LogP contribution in [0.2, 0.25) is 0 Å². The molecule has 0 aliphatic heterocycles. The number of anilines is 1. The molecule has 0 aliphatic rings. The highest BCUT2D eigenvalue weighted by Crippen LogP contribution is 2.19. The summed E-state index contributed by atoms with van der Waals surface area (Å²) in [7, 11) is 0. The van der Waals surface area contributed by atoms with Crippen molar-refractivity contribution < 1.29 is 0 Å². The van der Waals surface area contributed by atoms with E-state index in [0.29, 0.717) is 0 Å². The zero-order chi connectivity index (χ0) is 12.5. The second-order valence-electron chi connectivity index (χ2n) is 4.37. The maximum atomic E-state index is 4.55. The summed E-state index contributed by atoms with van der Waals surface area (Å²) in [6.07, 6.45) is 2.08. The van der Waals surface area contributed by atoms with E-state index in [1.165, 1.54) is 16.9 Å². The van der Waals surface area contributed by atoms with E-state index >= 15 is 0 Å². The molecule has 92 valence electrons. The first kappa shape index (κ1) is 11.3. The van der Waals surface area contributed by atoms with E-state index in [2.05, 4.69) is 64.4 Å². The van der Waals surface area contributed by atoms with Crippen LogP contribution in [0.1, 0.15) is 17.0 Å². The van der Waals surface area contributed by atoms with Crippen molar-refractivity contribution >= 4 is 22.0 Å². The summed E-state index contributed by atoms with van der Waals surface area (Å²) in [4.78, 5) is 5.61. The molecule has 1 N–H and O–H groups in total. The number of imidazole rings is 1. The molecule has 2 aromatic heterocycles. The van der Waals surface area contributed by atoms with Gasteiger partial charge in [0.25, 0.3) is 0 Å². The zero-order valence-electron chi connectivity index (χ0n) is 10.5. The lowest BCUT2D eigenvalue weighted by molar-refractivity contribution is 0.992.